The van der Waals surface area contributed by atoms with Crippen LogP contribution in [0, 0.1) is 0 Å². The van der Waals surface area contributed by atoms with Crippen LogP contribution in [0.4, 0.5) is 11.4 Å². The molecule has 0 unspecified atom stereocenters. The number of hydrogen-bond acceptors (Lipinski definition) is 3. The van der Waals surface area contributed by atoms with Gasteiger partial charge in [0.25, 0.3) is 5.91 Å². The van der Waals surface area contributed by atoms with Gasteiger partial charge >= 0.3 is 0 Å². The summed E-state index contributed by atoms with van der Waals surface area (Å²) in [6.07, 6.45) is 4.26. The number of aromatic nitrogens is 1. The third kappa shape index (κ3) is 3.59. The normalized spacial score (nSPS) is 13.6. The van der Waals surface area contributed by atoms with Crippen LogP contribution in [-0.2, 0) is 0 Å². The predicted octanol–water partition coefficient (Wildman–Crippen LogP) is 4.60. The van der Waals surface area contributed by atoms with Crippen molar-refractivity contribution in [1.29, 1.82) is 0 Å². The van der Waals surface area contributed by atoms with E-state index >= 15 is 0 Å². The summed E-state index contributed by atoms with van der Waals surface area (Å²) in [6, 6.07) is 21.4. The SMILES string of the molecule is O=C(Nc1cccc(-c2ccccn2)c1)c1ccc(N2CCCC2)cc1. The maximum absolute atomic E-state index is 12.6. The van der Waals surface area contributed by atoms with Gasteiger partial charge in [0.05, 0.1) is 5.69 Å². The van der Waals surface area contributed by atoms with Crippen LogP contribution in [0.15, 0.2) is 72.9 Å². The van der Waals surface area contributed by atoms with Gasteiger partial charge in [-0.25, -0.2) is 0 Å². The van der Waals surface area contributed by atoms with E-state index in [2.05, 4.69) is 15.2 Å². The summed E-state index contributed by atoms with van der Waals surface area (Å²) < 4.78 is 0. The second-order valence-corrected chi connectivity index (χ2v) is 6.49. The third-order valence-corrected chi connectivity index (χ3v) is 4.68. The molecule has 2 heterocycles. The van der Waals surface area contributed by atoms with Crippen molar-refractivity contribution < 1.29 is 4.79 Å². The van der Waals surface area contributed by atoms with Crippen LogP contribution in [-0.4, -0.2) is 24.0 Å². The maximum Gasteiger partial charge on any atom is 0.255 e. The number of nitrogens with one attached hydrogen (secondary N) is 1. The number of pyridine rings is 1. The minimum Gasteiger partial charge on any atom is -0.372 e. The van der Waals surface area contributed by atoms with E-state index in [1.807, 2.05) is 66.7 Å². The number of hydrogen-bond donors (Lipinski definition) is 1. The average molecular weight is 343 g/mol. The van der Waals surface area contributed by atoms with E-state index in [1.165, 1.54) is 18.5 Å². The van der Waals surface area contributed by atoms with E-state index in [-0.39, 0.29) is 5.91 Å². The zero-order chi connectivity index (χ0) is 17.8. The number of nitrogens with zero attached hydrogens (tertiary/aromatic N) is 2. The number of carbonyl (C=O) groups is 1. The van der Waals surface area contributed by atoms with E-state index in [0.717, 1.165) is 30.0 Å². The minimum absolute atomic E-state index is 0.101. The van der Waals surface area contributed by atoms with Crippen molar-refractivity contribution in [2.45, 2.75) is 12.8 Å². The van der Waals surface area contributed by atoms with Crippen molar-refractivity contribution >= 4 is 17.3 Å². The molecular formula is C22H21N3O. The first-order chi connectivity index (χ1) is 12.8. The smallest absolute Gasteiger partial charge is 0.255 e. The highest BCUT2D eigenvalue weighted by molar-refractivity contribution is 6.04. The molecule has 130 valence electrons. The van der Waals surface area contributed by atoms with Crippen LogP contribution in [0.5, 0.6) is 0 Å². The van der Waals surface area contributed by atoms with Crippen molar-refractivity contribution in [3.8, 4) is 11.3 Å². The summed E-state index contributed by atoms with van der Waals surface area (Å²) in [5, 5.41) is 2.98. The Kier molecular flexibility index (Phi) is 4.65. The molecule has 1 N–H and O–H groups in total. The molecule has 1 fully saturated rings. The van der Waals surface area contributed by atoms with Crippen LogP contribution in [0.1, 0.15) is 23.2 Å². The number of benzene rings is 2. The molecule has 4 heteroatoms. The zero-order valence-electron chi connectivity index (χ0n) is 14.6. The number of carbonyl (C=O) groups excluding carboxylic acids is 1. The average Bonchev–Trinajstić information content (AvgIpc) is 3.24. The van der Waals surface area contributed by atoms with Crippen molar-refractivity contribution in [2.75, 3.05) is 23.3 Å². The highest BCUT2D eigenvalue weighted by atomic mass is 16.1. The summed E-state index contributed by atoms with van der Waals surface area (Å²) in [5.74, 6) is -0.101. The van der Waals surface area contributed by atoms with Crippen molar-refractivity contribution in [1.82, 2.24) is 4.98 Å². The van der Waals surface area contributed by atoms with E-state index in [9.17, 15) is 4.79 Å². The molecule has 1 aromatic heterocycles. The lowest BCUT2D eigenvalue weighted by Crippen LogP contribution is -2.18. The lowest BCUT2D eigenvalue weighted by Gasteiger charge is -2.17. The fraction of sp³-hybridized carbons (Fsp3) is 0.182. The fourth-order valence-electron chi connectivity index (χ4n) is 3.29. The number of rotatable bonds is 4. The fourth-order valence-corrected chi connectivity index (χ4v) is 3.29. The van der Waals surface area contributed by atoms with Crippen LogP contribution in [0.3, 0.4) is 0 Å². The molecule has 0 saturated carbocycles. The lowest BCUT2D eigenvalue weighted by molar-refractivity contribution is 0.102. The van der Waals surface area contributed by atoms with Gasteiger partial charge < -0.3 is 10.2 Å². The van der Waals surface area contributed by atoms with Gasteiger partial charge in [0.1, 0.15) is 0 Å². The summed E-state index contributed by atoms with van der Waals surface area (Å²) >= 11 is 0. The molecule has 0 spiro atoms. The van der Waals surface area contributed by atoms with E-state index in [4.69, 9.17) is 0 Å². The molecule has 0 aliphatic carbocycles. The molecule has 4 nitrogen and oxygen atoms in total. The summed E-state index contributed by atoms with van der Waals surface area (Å²) in [5.41, 5.74) is 4.49. The largest absolute Gasteiger partial charge is 0.372 e. The number of amides is 1. The third-order valence-electron chi connectivity index (χ3n) is 4.68. The van der Waals surface area contributed by atoms with Crippen LogP contribution < -0.4 is 10.2 Å². The Morgan fingerprint density at radius 3 is 2.46 bits per heavy atom. The van der Waals surface area contributed by atoms with Crippen LogP contribution >= 0.6 is 0 Å². The molecule has 2 aromatic carbocycles. The first-order valence-corrected chi connectivity index (χ1v) is 8.97. The predicted molar refractivity (Wildman–Crippen MR) is 106 cm³/mol. The van der Waals surface area contributed by atoms with Crippen molar-refractivity contribution in [3.05, 3.63) is 78.5 Å². The summed E-state index contributed by atoms with van der Waals surface area (Å²) in [7, 11) is 0. The minimum atomic E-state index is -0.101. The zero-order valence-corrected chi connectivity index (χ0v) is 14.6. The highest BCUT2D eigenvalue weighted by Gasteiger charge is 2.13. The standard InChI is InChI=1S/C22H21N3O/c26-22(17-9-11-20(12-10-17)25-14-3-4-15-25)24-19-7-5-6-18(16-19)21-8-1-2-13-23-21/h1-2,5-13,16H,3-4,14-15H2,(H,24,26). The molecule has 1 aliphatic rings. The first kappa shape index (κ1) is 16.3. The van der Waals surface area contributed by atoms with Gasteiger partial charge in [-0.05, 0) is 61.4 Å². The topological polar surface area (TPSA) is 45.2 Å². The van der Waals surface area contributed by atoms with Gasteiger partial charge in [-0.15, -0.1) is 0 Å². The van der Waals surface area contributed by atoms with Gasteiger partial charge in [-0.2, -0.15) is 0 Å². The molecule has 0 radical (unpaired) electrons. The molecular weight excluding hydrogens is 322 g/mol. The molecule has 4 rings (SSSR count). The summed E-state index contributed by atoms with van der Waals surface area (Å²) in [4.78, 5) is 19.3. The first-order valence-electron chi connectivity index (χ1n) is 8.97. The lowest BCUT2D eigenvalue weighted by atomic mass is 10.1. The van der Waals surface area contributed by atoms with E-state index in [1.54, 1.807) is 6.20 Å². The Hall–Kier alpha value is -3.14. The molecule has 3 aromatic rings. The Balaban J connectivity index is 1.48. The van der Waals surface area contributed by atoms with Gasteiger partial charge in [0.2, 0.25) is 0 Å². The Morgan fingerprint density at radius 1 is 0.923 bits per heavy atom. The maximum atomic E-state index is 12.6. The van der Waals surface area contributed by atoms with Gasteiger partial charge in [-0.1, -0.05) is 18.2 Å². The molecule has 0 atom stereocenters. The number of anilines is 2. The molecule has 0 bridgehead atoms. The van der Waals surface area contributed by atoms with Crippen molar-refractivity contribution in [2.24, 2.45) is 0 Å². The van der Waals surface area contributed by atoms with Gasteiger partial charge in [0.15, 0.2) is 0 Å². The van der Waals surface area contributed by atoms with Gasteiger partial charge in [0, 0.05) is 41.8 Å². The van der Waals surface area contributed by atoms with Crippen LogP contribution in [0.25, 0.3) is 11.3 Å². The monoisotopic (exact) mass is 343 g/mol. The molecule has 1 saturated heterocycles. The second-order valence-electron chi connectivity index (χ2n) is 6.49. The van der Waals surface area contributed by atoms with Crippen molar-refractivity contribution in [3.63, 3.8) is 0 Å². The second kappa shape index (κ2) is 7.40. The Morgan fingerprint density at radius 2 is 1.73 bits per heavy atom. The van der Waals surface area contributed by atoms with Gasteiger partial charge in [-0.3, -0.25) is 9.78 Å². The van der Waals surface area contributed by atoms with E-state index < -0.39 is 0 Å². The Bertz CT molecular complexity index is 885. The van der Waals surface area contributed by atoms with E-state index in [0.29, 0.717) is 5.56 Å². The molecule has 1 amide bonds. The quantitative estimate of drug-likeness (QED) is 0.753. The molecule has 1 aliphatic heterocycles. The Labute approximate surface area is 153 Å². The summed E-state index contributed by atoms with van der Waals surface area (Å²) in [6.45, 7) is 2.21. The van der Waals surface area contributed by atoms with Crippen LogP contribution in [0.2, 0.25) is 0 Å². The molecule has 26 heavy (non-hydrogen) atoms. The highest BCUT2D eigenvalue weighted by Crippen LogP contribution is 2.23.